The van der Waals surface area contributed by atoms with Gasteiger partial charge in [0.2, 0.25) is 21.8 Å². The van der Waals surface area contributed by atoms with E-state index in [0.717, 1.165) is 22.4 Å². The summed E-state index contributed by atoms with van der Waals surface area (Å²) in [5.41, 5.74) is 2.93. The number of carbonyl (C=O) groups excluding carboxylic acids is 1. The first kappa shape index (κ1) is 22.5. The third-order valence-corrected chi connectivity index (χ3v) is 6.02. The topological polar surface area (TPSA) is 97.4 Å². The molecule has 162 valence electrons. The van der Waals surface area contributed by atoms with Crippen molar-refractivity contribution in [1.82, 2.24) is 15.0 Å². The average molecular weight is 440 g/mol. The van der Waals surface area contributed by atoms with Gasteiger partial charge >= 0.3 is 0 Å². The van der Waals surface area contributed by atoms with Crippen molar-refractivity contribution in [3.63, 3.8) is 0 Å². The van der Waals surface area contributed by atoms with Crippen LogP contribution in [0.3, 0.4) is 0 Å². The Morgan fingerprint density at radius 2 is 1.81 bits per heavy atom. The molecule has 2 N–H and O–H groups in total. The average Bonchev–Trinajstić information content (AvgIpc) is 2.76. The number of ether oxygens (including phenoxy) is 1. The summed E-state index contributed by atoms with van der Waals surface area (Å²) in [6, 6.07) is 17.6. The molecule has 0 aliphatic carbocycles. The number of rotatable bonds is 9. The molecule has 0 atom stereocenters. The molecule has 1 aromatic heterocycles. The van der Waals surface area contributed by atoms with E-state index in [1.54, 1.807) is 30.5 Å². The van der Waals surface area contributed by atoms with Crippen LogP contribution >= 0.6 is 0 Å². The van der Waals surface area contributed by atoms with Crippen LogP contribution in [-0.4, -0.2) is 25.9 Å². The highest BCUT2D eigenvalue weighted by Crippen LogP contribution is 2.24. The Bertz CT molecular complexity index is 1130. The van der Waals surface area contributed by atoms with Gasteiger partial charge in [-0.2, -0.15) is 0 Å². The molecule has 0 saturated carbocycles. The Hall–Kier alpha value is -3.23. The van der Waals surface area contributed by atoms with Crippen molar-refractivity contribution in [3.8, 4) is 11.6 Å². The molecule has 2 aromatic carbocycles. The Morgan fingerprint density at radius 1 is 1.03 bits per heavy atom. The fourth-order valence-electron chi connectivity index (χ4n) is 2.78. The number of aromatic nitrogens is 1. The lowest BCUT2D eigenvalue weighted by Gasteiger charge is -2.10. The summed E-state index contributed by atoms with van der Waals surface area (Å²) in [4.78, 5) is 16.5. The highest BCUT2D eigenvalue weighted by Gasteiger charge is 2.13. The molecule has 8 heteroatoms. The molecule has 31 heavy (non-hydrogen) atoms. The molecule has 1 heterocycles. The van der Waals surface area contributed by atoms with Crippen LogP contribution < -0.4 is 14.8 Å². The van der Waals surface area contributed by atoms with Crippen molar-refractivity contribution in [3.05, 3.63) is 83.6 Å². The molecule has 0 fully saturated rings. The largest absolute Gasteiger partial charge is 0.439 e. The molecule has 0 radical (unpaired) electrons. The van der Waals surface area contributed by atoms with Gasteiger partial charge in [0.25, 0.3) is 0 Å². The van der Waals surface area contributed by atoms with Crippen LogP contribution in [0.15, 0.2) is 71.8 Å². The standard InChI is InChI=1S/C23H25N3O4S/c1-17-8-9-18(2)21(14-17)30-23-11-10-19(16-25-23)15-24-22(27)12-13-26-31(28,29)20-6-4-3-5-7-20/h3-11,14,16,26H,12-13,15H2,1-2H3,(H,24,27). The van der Waals surface area contributed by atoms with Gasteiger partial charge in [-0.3, -0.25) is 4.79 Å². The Morgan fingerprint density at radius 3 is 2.52 bits per heavy atom. The zero-order chi connectivity index (χ0) is 22.3. The van der Waals surface area contributed by atoms with Gasteiger partial charge in [-0.05, 0) is 48.7 Å². The van der Waals surface area contributed by atoms with E-state index in [-0.39, 0.29) is 23.8 Å². The molecule has 7 nitrogen and oxygen atoms in total. The molecule has 1 amide bonds. The molecule has 0 aliphatic rings. The van der Waals surface area contributed by atoms with Crippen LogP contribution in [0.25, 0.3) is 0 Å². The second-order valence-electron chi connectivity index (χ2n) is 7.11. The molecule has 0 spiro atoms. The minimum atomic E-state index is -3.61. The van der Waals surface area contributed by atoms with Crippen molar-refractivity contribution >= 4 is 15.9 Å². The van der Waals surface area contributed by atoms with E-state index in [1.165, 1.54) is 12.1 Å². The van der Waals surface area contributed by atoms with Gasteiger partial charge in [0.15, 0.2) is 0 Å². The number of sulfonamides is 1. The second-order valence-corrected chi connectivity index (χ2v) is 8.88. The first-order chi connectivity index (χ1) is 14.8. The molecular weight excluding hydrogens is 414 g/mol. The lowest BCUT2D eigenvalue weighted by molar-refractivity contribution is -0.121. The number of pyridine rings is 1. The third-order valence-electron chi connectivity index (χ3n) is 4.54. The van der Waals surface area contributed by atoms with Crippen LogP contribution in [0.5, 0.6) is 11.6 Å². The van der Waals surface area contributed by atoms with Crippen LogP contribution in [-0.2, 0) is 21.4 Å². The predicted molar refractivity (Wildman–Crippen MR) is 118 cm³/mol. The Labute approximate surface area is 182 Å². The number of hydrogen-bond donors (Lipinski definition) is 2. The SMILES string of the molecule is Cc1ccc(C)c(Oc2ccc(CNC(=O)CCNS(=O)(=O)c3ccccc3)cn2)c1. The lowest BCUT2D eigenvalue weighted by atomic mass is 10.1. The summed E-state index contributed by atoms with van der Waals surface area (Å²) in [6.45, 7) is 4.28. The van der Waals surface area contributed by atoms with Crippen molar-refractivity contribution in [2.45, 2.75) is 31.7 Å². The maximum Gasteiger partial charge on any atom is 0.240 e. The number of nitrogens with one attached hydrogen (secondary N) is 2. The fraction of sp³-hybridized carbons (Fsp3) is 0.217. The second kappa shape index (κ2) is 10.2. The zero-order valence-electron chi connectivity index (χ0n) is 17.5. The lowest BCUT2D eigenvalue weighted by Crippen LogP contribution is -2.30. The minimum Gasteiger partial charge on any atom is -0.439 e. The summed E-state index contributed by atoms with van der Waals surface area (Å²) < 4.78 is 32.5. The number of nitrogens with zero attached hydrogens (tertiary/aromatic N) is 1. The van der Waals surface area contributed by atoms with Crippen molar-refractivity contribution in [2.24, 2.45) is 0 Å². The number of carbonyl (C=O) groups is 1. The predicted octanol–water partition coefficient (Wildman–Crippen LogP) is 3.48. The molecule has 0 bridgehead atoms. The van der Waals surface area contributed by atoms with E-state index in [0.29, 0.717) is 12.4 Å². The number of benzene rings is 2. The third kappa shape index (κ3) is 6.63. The highest BCUT2D eigenvalue weighted by atomic mass is 32.2. The van der Waals surface area contributed by atoms with Crippen LogP contribution in [0.1, 0.15) is 23.1 Å². The first-order valence-electron chi connectivity index (χ1n) is 9.85. The van der Waals surface area contributed by atoms with Crippen LogP contribution in [0.4, 0.5) is 0 Å². The van der Waals surface area contributed by atoms with Crippen molar-refractivity contribution in [1.29, 1.82) is 0 Å². The summed E-state index contributed by atoms with van der Waals surface area (Å²) in [5, 5.41) is 2.76. The fourth-order valence-corrected chi connectivity index (χ4v) is 3.83. The van der Waals surface area contributed by atoms with Gasteiger partial charge in [0.1, 0.15) is 5.75 Å². The van der Waals surface area contributed by atoms with E-state index >= 15 is 0 Å². The monoisotopic (exact) mass is 439 g/mol. The molecule has 0 saturated heterocycles. The number of amides is 1. The molecular formula is C23H25N3O4S. The van der Waals surface area contributed by atoms with Gasteiger partial charge in [-0.15, -0.1) is 0 Å². The van der Waals surface area contributed by atoms with Crippen molar-refractivity contribution < 1.29 is 17.9 Å². The van der Waals surface area contributed by atoms with Gasteiger partial charge in [-0.1, -0.05) is 36.4 Å². The van der Waals surface area contributed by atoms with Crippen LogP contribution in [0.2, 0.25) is 0 Å². The Balaban J connectivity index is 1.44. The quantitative estimate of drug-likeness (QED) is 0.532. The smallest absolute Gasteiger partial charge is 0.240 e. The number of hydrogen-bond acceptors (Lipinski definition) is 5. The summed E-state index contributed by atoms with van der Waals surface area (Å²) in [5.74, 6) is 0.970. The van der Waals surface area contributed by atoms with Gasteiger partial charge in [0.05, 0.1) is 4.90 Å². The number of aryl methyl sites for hydroxylation is 2. The molecule has 3 aromatic rings. The molecule has 0 unspecified atom stereocenters. The first-order valence-corrected chi connectivity index (χ1v) is 11.3. The van der Waals surface area contributed by atoms with E-state index in [9.17, 15) is 13.2 Å². The van der Waals surface area contributed by atoms with E-state index in [2.05, 4.69) is 15.0 Å². The van der Waals surface area contributed by atoms with E-state index < -0.39 is 10.0 Å². The highest BCUT2D eigenvalue weighted by molar-refractivity contribution is 7.89. The minimum absolute atomic E-state index is 0.0178. The van der Waals surface area contributed by atoms with Gasteiger partial charge in [0, 0.05) is 31.8 Å². The summed E-state index contributed by atoms with van der Waals surface area (Å²) >= 11 is 0. The van der Waals surface area contributed by atoms with E-state index in [1.807, 2.05) is 38.1 Å². The summed E-state index contributed by atoms with van der Waals surface area (Å²) in [6.07, 6.45) is 1.67. The Kier molecular flexibility index (Phi) is 7.38. The van der Waals surface area contributed by atoms with Crippen LogP contribution in [0, 0.1) is 13.8 Å². The van der Waals surface area contributed by atoms with Gasteiger partial charge < -0.3 is 10.1 Å². The maximum absolute atomic E-state index is 12.1. The normalized spacial score (nSPS) is 11.2. The van der Waals surface area contributed by atoms with Crippen molar-refractivity contribution in [2.75, 3.05) is 6.54 Å². The molecule has 3 rings (SSSR count). The van der Waals surface area contributed by atoms with E-state index in [4.69, 9.17) is 4.74 Å². The van der Waals surface area contributed by atoms with Gasteiger partial charge in [-0.25, -0.2) is 18.1 Å². The molecule has 0 aliphatic heterocycles. The maximum atomic E-state index is 12.1. The summed E-state index contributed by atoms with van der Waals surface area (Å²) in [7, 11) is -3.61. The zero-order valence-corrected chi connectivity index (χ0v) is 18.3.